The standard InChI is InChI=1S/C7H14N3/c1-3-7(8)10-5-4-9(2)6-10/h4-7H,3,8H2,1-2H3/q+1. The number of rotatable bonds is 2. The highest BCUT2D eigenvalue weighted by Crippen LogP contribution is 1.90. The number of hydrogen-bond acceptors (Lipinski definition) is 1. The number of aromatic nitrogens is 2. The summed E-state index contributed by atoms with van der Waals surface area (Å²) in [5.41, 5.74) is 5.76. The molecule has 0 bridgehead atoms. The highest BCUT2D eigenvalue weighted by molar-refractivity contribution is 4.62. The van der Waals surface area contributed by atoms with Crippen LogP contribution in [0, 0.1) is 0 Å². The minimum Gasteiger partial charge on any atom is -0.293 e. The van der Waals surface area contributed by atoms with E-state index in [1.807, 2.05) is 34.9 Å². The van der Waals surface area contributed by atoms with Crippen molar-refractivity contribution in [3.8, 4) is 0 Å². The van der Waals surface area contributed by atoms with E-state index in [2.05, 4.69) is 6.92 Å². The van der Waals surface area contributed by atoms with Gasteiger partial charge in [0.15, 0.2) is 0 Å². The van der Waals surface area contributed by atoms with Crippen molar-refractivity contribution < 1.29 is 4.57 Å². The summed E-state index contributed by atoms with van der Waals surface area (Å²) in [5, 5.41) is 0. The maximum Gasteiger partial charge on any atom is 0.244 e. The Balaban J connectivity index is 2.74. The van der Waals surface area contributed by atoms with E-state index in [0.29, 0.717) is 0 Å². The summed E-state index contributed by atoms with van der Waals surface area (Å²) in [4.78, 5) is 0. The van der Waals surface area contributed by atoms with E-state index < -0.39 is 0 Å². The first-order valence-corrected chi connectivity index (χ1v) is 3.52. The Kier molecular flexibility index (Phi) is 2.06. The van der Waals surface area contributed by atoms with Crippen molar-refractivity contribution in [2.75, 3.05) is 0 Å². The van der Waals surface area contributed by atoms with E-state index in [-0.39, 0.29) is 6.17 Å². The predicted octanol–water partition coefficient (Wildman–Crippen LogP) is 0.180. The van der Waals surface area contributed by atoms with Crippen molar-refractivity contribution in [3.63, 3.8) is 0 Å². The second-order valence-electron chi connectivity index (χ2n) is 2.50. The van der Waals surface area contributed by atoms with E-state index in [9.17, 15) is 0 Å². The Morgan fingerprint density at radius 3 is 2.80 bits per heavy atom. The second-order valence-corrected chi connectivity index (χ2v) is 2.50. The van der Waals surface area contributed by atoms with Crippen LogP contribution in [-0.2, 0) is 7.05 Å². The molecule has 10 heavy (non-hydrogen) atoms. The predicted molar refractivity (Wildman–Crippen MR) is 39.1 cm³/mol. The van der Waals surface area contributed by atoms with Crippen LogP contribution in [0.5, 0.6) is 0 Å². The van der Waals surface area contributed by atoms with Gasteiger partial charge in [-0.3, -0.25) is 5.73 Å². The summed E-state index contributed by atoms with van der Waals surface area (Å²) in [6.45, 7) is 2.07. The summed E-state index contributed by atoms with van der Waals surface area (Å²) in [7, 11) is 1.98. The van der Waals surface area contributed by atoms with Gasteiger partial charge in [0.1, 0.15) is 18.6 Å². The Morgan fingerprint density at radius 1 is 1.70 bits per heavy atom. The van der Waals surface area contributed by atoms with Crippen molar-refractivity contribution >= 4 is 0 Å². The van der Waals surface area contributed by atoms with Crippen LogP contribution >= 0.6 is 0 Å². The molecule has 56 valence electrons. The number of imidazole rings is 1. The van der Waals surface area contributed by atoms with Gasteiger partial charge in [-0.25, -0.2) is 9.13 Å². The highest BCUT2D eigenvalue weighted by Gasteiger charge is 2.06. The smallest absolute Gasteiger partial charge is 0.244 e. The number of hydrogen-bond donors (Lipinski definition) is 1. The second kappa shape index (κ2) is 2.84. The summed E-state index contributed by atoms with van der Waals surface area (Å²) in [6.07, 6.45) is 7.04. The normalized spacial score (nSPS) is 13.5. The third-order valence-corrected chi connectivity index (χ3v) is 1.59. The molecule has 3 nitrogen and oxygen atoms in total. The molecular formula is C7H14N3+. The monoisotopic (exact) mass is 140 g/mol. The minimum absolute atomic E-state index is 0.126. The fraction of sp³-hybridized carbons (Fsp3) is 0.571. The zero-order valence-electron chi connectivity index (χ0n) is 6.49. The van der Waals surface area contributed by atoms with Gasteiger partial charge in [0, 0.05) is 0 Å². The Morgan fingerprint density at radius 2 is 2.40 bits per heavy atom. The highest BCUT2D eigenvalue weighted by atomic mass is 15.2. The molecule has 0 amide bonds. The molecule has 0 fully saturated rings. The van der Waals surface area contributed by atoms with Crippen molar-refractivity contribution in [1.29, 1.82) is 0 Å². The summed E-state index contributed by atoms with van der Waals surface area (Å²) in [6, 6.07) is 0. The molecule has 0 spiro atoms. The topological polar surface area (TPSA) is 34.8 Å². The van der Waals surface area contributed by atoms with Gasteiger partial charge in [0.25, 0.3) is 0 Å². The maximum absolute atomic E-state index is 5.76. The Hall–Kier alpha value is -0.830. The molecule has 1 atom stereocenters. The Labute approximate surface area is 61.1 Å². The van der Waals surface area contributed by atoms with Crippen LogP contribution in [0.4, 0.5) is 0 Å². The fourth-order valence-electron chi connectivity index (χ4n) is 0.876. The molecule has 1 aromatic heterocycles. The lowest BCUT2D eigenvalue weighted by Gasteiger charge is -2.01. The molecule has 0 saturated carbocycles. The van der Waals surface area contributed by atoms with Crippen LogP contribution in [0.15, 0.2) is 18.7 Å². The molecular weight excluding hydrogens is 126 g/mol. The van der Waals surface area contributed by atoms with Gasteiger partial charge in [-0.1, -0.05) is 6.92 Å². The van der Waals surface area contributed by atoms with Crippen LogP contribution in [0.2, 0.25) is 0 Å². The van der Waals surface area contributed by atoms with E-state index in [0.717, 1.165) is 6.42 Å². The zero-order valence-corrected chi connectivity index (χ0v) is 6.49. The average molecular weight is 140 g/mol. The molecule has 1 heterocycles. The molecule has 0 aliphatic carbocycles. The van der Waals surface area contributed by atoms with Gasteiger partial charge in [-0.05, 0) is 6.42 Å². The maximum atomic E-state index is 5.76. The van der Waals surface area contributed by atoms with Gasteiger partial charge < -0.3 is 0 Å². The molecule has 0 radical (unpaired) electrons. The average Bonchev–Trinajstić information content (AvgIpc) is 2.34. The van der Waals surface area contributed by atoms with Crippen molar-refractivity contribution in [3.05, 3.63) is 18.7 Å². The van der Waals surface area contributed by atoms with Crippen molar-refractivity contribution in [1.82, 2.24) is 4.57 Å². The number of aryl methyl sites for hydroxylation is 1. The lowest BCUT2D eigenvalue weighted by Crippen LogP contribution is -2.42. The molecule has 1 rings (SSSR count). The summed E-state index contributed by atoms with van der Waals surface area (Å²) >= 11 is 0. The van der Waals surface area contributed by atoms with E-state index >= 15 is 0 Å². The van der Waals surface area contributed by atoms with Crippen LogP contribution in [0.3, 0.4) is 0 Å². The Bertz CT molecular complexity index is 204. The number of nitrogens with zero attached hydrogens (tertiary/aromatic N) is 2. The first-order valence-electron chi connectivity index (χ1n) is 3.52. The van der Waals surface area contributed by atoms with Gasteiger partial charge in [-0.2, -0.15) is 0 Å². The minimum atomic E-state index is 0.126. The van der Waals surface area contributed by atoms with Crippen molar-refractivity contribution in [2.24, 2.45) is 12.8 Å². The SMILES string of the molecule is CCC(N)[n+]1ccn(C)c1. The molecule has 2 N–H and O–H groups in total. The van der Waals surface area contributed by atoms with Crippen LogP contribution in [-0.4, -0.2) is 4.57 Å². The number of nitrogens with two attached hydrogens (primary N) is 1. The van der Waals surface area contributed by atoms with E-state index in [1.54, 1.807) is 0 Å². The summed E-state index contributed by atoms with van der Waals surface area (Å²) < 4.78 is 3.98. The largest absolute Gasteiger partial charge is 0.293 e. The molecule has 0 aliphatic rings. The molecule has 0 saturated heterocycles. The lowest BCUT2D eigenvalue weighted by atomic mass is 10.4. The van der Waals surface area contributed by atoms with Crippen LogP contribution in [0.1, 0.15) is 19.5 Å². The van der Waals surface area contributed by atoms with E-state index in [4.69, 9.17) is 5.73 Å². The van der Waals surface area contributed by atoms with Crippen LogP contribution < -0.4 is 10.3 Å². The van der Waals surface area contributed by atoms with E-state index in [1.165, 1.54) is 0 Å². The van der Waals surface area contributed by atoms with Gasteiger partial charge in [0.05, 0.1) is 7.05 Å². The van der Waals surface area contributed by atoms with Gasteiger partial charge in [0.2, 0.25) is 6.33 Å². The molecule has 1 aromatic rings. The summed E-state index contributed by atoms with van der Waals surface area (Å²) in [5.74, 6) is 0. The molecule has 0 aromatic carbocycles. The quantitative estimate of drug-likeness (QED) is 0.584. The van der Waals surface area contributed by atoms with Crippen LogP contribution in [0.25, 0.3) is 0 Å². The first-order chi connectivity index (χ1) is 4.74. The van der Waals surface area contributed by atoms with Crippen molar-refractivity contribution in [2.45, 2.75) is 19.5 Å². The third kappa shape index (κ3) is 1.36. The lowest BCUT2D eigenvalue weighted by molar-refractivity contribution is -0.722. The zero-order chi connectivity index (χ0) is 7.56. The molecule has 3 heteroatoms. The first kappa shape index (κ1) is 7.28. The molecule has 0 aliphatic heterocycles. The van der Waals surface area contributed by atoms with Gasteiger partial charge in [-0.15, -0.1) is 0 Å². The third-order valence-electron chi connectivity index (χ3n) is 1.59. The molecule has 1 unspecified atom stereocenters. The fourth-order valence-corrected chi connectivity index (χ4v) is 0.876. The van der Waals surface area contributed by atoms with Gasteiger partial charge >= 0.3 is 0 Å².